The third-order valence-electron chi connectivity index (χ3n) is 4.26. The molecule has 9 heteroatoms. The molecule has 9 nitrogen and oxygen atoms in total. The lowest BCUT2D eigenvalue weighted by Crippen LogP contribution is -2.19. The predicted octanol–water partition coefficient (Wildman–Crippen LogP) is 5.34. The fraction of sp³-hybridized carbons (Fsp3) is 0.192. The van der Waals surface area contributed by atoms with Gasteiger partial charge in [-0.25, -0.2) is 14.4 Å². The lowest BCUT2D eigenvalue weighted by molar-refractivity contribution is -0.136. The Morgan fingerprint density at radius 2 is 1.03 bits per heavy atom. The molecule has 35 heavy (non-hydrogen) atoms. The number of rotatable bonds is 6. The van der Waals surface area contributed by atoms with Crippen molar-refractivity contribution in [1.82, 2.24) is 0 Å². The lowest BCUT2D eigenvalue weighted by atomic mass is 9.77. The summed E-state index contributed by atoms with van der Waals surface area (Å²) in [6.45, 7) is 13.7. The Bertz CT molecular complexity index is 1000. The van der Waals surface area contributed by atoms with Crippen LogP contribution in [-0.4, -0.2) is 38.5 Å². The van der Waals surface area contributed by atoms with Gasteiger partial charge in [0, 0.05) is 27.7 Å². The van der Waals surface area contributed by atoms with E-state index >= 15 is 0 Å². The van der Waals surface area contributed by atoms with Crippen LogP contribution in [0.1, 0.15) is 38.8 Å². The number of esters is 2. The number of hydrogen-bond acceptors (Lipinski definition) is 7. The van der Waals surface area contributed by atoms with Gasteiger partial charge in [0.25, 0.3) is 0 Å². The molecule has 0 aliphatic carbocycles. The number of carbonyl (C=O) groups is 3. The van der Waals surface area contributed by atoms with E-state index in [2.05, 4.69) is 22.6 Å². The van der Waals surface area contributed by atoms with Crippen molar-refractivity contribution < 1.29 is 44.3 Å². The van der Waals surface area contributed by atoms with Crippen molar-refractivity contribution in [3.63, 3.8) is 0 Å². The first-order valence-corrected chi connectivity index (χ1v) is 10.1. The zero-order valence-corrected chi connectivity index (χ0v) is 20.0. The van der Waals surface area contributed by atoms with Gasteiger partial charge in [-0.15, -0.1) is 0 Å². The lowest BCUT2D eigenvalue weighted by Gasteiger charge is -2.27. The van der Waals surface area contributed by atoms with Gasteiger partial charge in [0.2, 0.25) is 0 Å². The first-order valence-electron chi connectivity index (χ1n) is 10.1. The van der Waals surface area contributed by atoms with Gasteiger partial charge in [-0.2, -0.15) is 0 Å². The minimum atomic E-state index is -1.83. The maximum absolute atomic E-state index is 10.8. The Morgan fingerprint density at radius 3 is 1.29 bits per heavy atom. The van der Waals surface area contributed by atoms with Gasteiger partial charge in [0.15, 0.2) is 0 Å². The molecule has 4 N–H and O–H groups in total. The van der Waals surface area contributed by atoms with Crippen LogP contribution in [0.4, 0.5) is 4.79 Å². The largest absolute Gasteiger partial charge is 0.508 e. The molecule has 0 fully saturated rings. The number of phenolic OH excluding ortho intramolecular Hbond substituents is 2. The standard InChI is InChI=1S/C15H16O2.C10H12O4.CH2O3/c1-15(2,11-7-3-5-9-13(11)16)12-8-4-6-10-14(12)17;1-7(2)9(11)13-5-6-14-10(12)8(3)4;2-1(3)4/h3-10,16-17H,1-2H3;5-6H,1,3H2,2,4H3;(H2,2,3,4). The molecule has 2 aromatic carbocycles. The van der Waals surface area contributed by atoms with Gasteiger partial charge < -0.3 is 29.9 Å². The fourth-order valence-electron chi connectivity index (χ4n) is 2.53. The number of ether oxygens (including phenoxy) is 2. The zero-order valence-electron chi connectivity index (χ0n) is 20.0. The molecule has 0 heterocycles. The predicted molar refractivity (Wildman–Crippen MR) is 130 cm³/mol. The van der Waals surface area contributed by atoms with Crippen LogP contribution < -0.4 is 0 Å². The van der Waals surface area contributed by atoms with Crippen molar-refractivity contribution in [3.05, 3.63) is 96.5 Å². The Kier molecular flexibility index (Phi) is 12.7. The molecular formula is C26H30O9. The van der Waals surface area contributed by atoms with Gasteiger partial charge in [0.1, 0.15) is 24.0 Å². The number of phenols is 2. The maximum atomic E-state index is 10.8. The minimum absolute atomic E-state index is 0.251. The van der Waals surface area contributed by atoms with Gasteiger partial charge in [-0.05, 0) is 26.0 Å². The molecule has 0 unspecified atom stereocenters. The molecule has 0 saturated carbocycles. The van der Waals surface area contributed by atoms with E-state index in [1.807, 2.05) is 38.1 Å². The van der Waals surface area contributed by atoms with E-state index in [1.54, 1.807) is 24.3 Å². The third kappa shape index (κ3) is 11.2. The summed E-state index contributed by atoms with van der Waals surface area (Å²) >= 11 is 0. The van der Waals surface area contributed by atoms with E-state index in [0.29, 0.717) is 0 Å². The number of benzene rings is 2. The van der Waals surface area contributed by atoms with E-state index < -0.39 is 23.5 Å². The van der Waals surface area contributed by atoms with E-state index in [-0.39, 0.29) is 22.6 Å². The van der Waals surface area contributed by atoms with Crippen LogP contribution in [0.25, 0.3) is 0 Å². The molecule has 0 spiro atoms. The molecule has 0 bridgehead atoms. The van der Waals surface area contributed by atoms with Crippen molar-refractivity contribution >= 4 is 18.1 Å². The van der Waals surface area contributed by atoms with E-state index in [9.17, 15) is 19.8 Å². The quantitative estimate of drug-likeness (QED) is 0.241. The molecule has 188 valence electrons. The summed E-state index contributed by atoms with van der Waals surface area (Å²) in [5, 5.41) is 33.8. The van der Waals surface area contributed by atoms with Gasteiger partial charge in [-0.1, -0.05) is 63.4 Å². The van der Waals surface area contributed by atoms with E-state index in [1.165, 1.54) is 13.8 Å². The topological polar surface area (TPSA) is 151 Å². The number of carbonyl (C=O) groups excluding carboxylic acids is 2. The molecule has 0 aromatic heterocycles. The average Bonchev–Trinajstić information content (AvgIpc) is 2.76. The van der Waals surface area contributed by atoms with Crippen LogP contribution >= 0.6 is 0 Å². The Hall–Kier alpha value is -4.53. The van der Waals surface area contributed by atoms with Crippen LogP contribution in [0.3, 0.4) is 0 Å². The van der Waals surface area contributed by atoms with Crippen LogP contribution in [0.5, 0.6) is 11.5 Å². The second-order valence-corrected chi connectivity index (χ2v) is 7.59. The molecule has 0 aliphatic rings. The highest BCUT2D eigenvalue weighted by atomic mass is 16.6. The highest BCUT2D eigenvalue weighted by Crippen LogP contribution is 2.40. The van der Waals surface area contributed by atoms with Gasteiger partial charge >= 0.3 is 18.1 Å². The summed E-state index contributed by atoms with van der Waals surface area (Å²) in [5.41, 5.74) is 1.71. The number of carboxylic acid groups (broad SMARTS) is 2. The highest BCUT2D eigenvalue weighted by molar-refractivity contribution is 5.88. The molecule has 0 radical (unpaired) electrons. The van der Waals surface area contributed by atoms with Crippen molar-refractivity contribution in [2.45, 2.75) is 33.1 Å². The summed E-state index contributed by atoms with van der Waals surface area (Å²) in [4.78, 5) is 30.1. The van der Waals surface area contributed by atoms with Gasteiger partial charge in [-0.3, -0.25) is 0 Å². The van der Waals surface area contributed by atoms with Crippen LogP contribution in [0.2, 0.25) is 0 Å². The van der Waals surface area contributed by atoms with Crippen molar-refractivity contribution in [3.8, 4) is 11.5 Å². The number of aromatic hydroxyl groups is 2. The van der Waals surface area contributed by atoms with Crippen molar-refractivity contribution in [2.24, 2.45) is 0 Å². The van der Waals surface area contributed by atoms with E-state index in [0.717, 1.165) is 23.7 Å². The van der Waals surface area contributed by atoms with Gasteiger partial charge in [0.05, 0.1) is 0 Å². The molecule has 0 amide bonds. The Balaban J connectivity index is 0.000000583. The Labute approximate surface area is 203 Å². The molecule has 2 aromatic rings. The summed E-state index contributed by atoms with van der Waals surface area (Å²) in [6.07, 6.45) is 0.107. The van der Waals surface area contributed by atoms with Crippen molar-refractivity contribution in [2.75, 3.05) is 0 Å². The van der Waals surface area contributed by atoms with Crippen LogP contribution in [0.15, 0.2) is 85.4 Å². The minimum Gasteiger partial charge on any atom is -0.508 e. The van der Waals surface area contributed by atoms with E-state index in [4.69, 9.17) is 15.0 Å². The summed E-state index contributed by atoms with van der Waals surface area (Å²) in [7, 11) is 0. The maximum Gasteiger partial charge on any atom is 0.503 e. The molecule has 0 aliphatic heterocycles. The van der Waals surface area contributed by atoms with Crippen molar-refractivity contribution in [1.29, 1.82) is 0 Å². The third-order valence-corrected chi connectivity index (χ3v) is 4.26. The monoisotopic (exact) mass is 486 g/mol. The smallest absolute Gasteiger partial charge is 0.503 e. The SMILES string of the molecule is C=C(C)C(=O)OC=COC(=O)C(=C)C.CC(C)(c1ccccc1O)c1ccccc1O.O=C(O)O. The van der Waals surface area contributed by atoms with Crippen LogP contribution in [-0.2, 0) is 24.5 Å². The second kappa shape index (κ2) is 14.6. The molecular weight excluding hydrogens is 456 g/mol. The normalized spacial score (nSPS) is 10.1. The summed E-state index contributed by atoms with van der Waals surface area (Å²) in [6, 6.07) is 14.4. The number of para-hydroxylation sites is 2. The highest BCUT2D eigenvalue weighted by Gasteiger charge is 2.28. The fourth-order valence-corrected chi connectivity index (χ4v) is 2.53. The van der Waals surface area contributed by atoms with Crippen LogP contribution in [0, 0.1) is 0 Å². The first-order chi connectivity index (χ1) is 16.2. The average molecular weight is 487 g/mol. The molecule has 2 rings (SSSR count). The zero-order chi connectivity index (χ0) is 27.2. The summed E-state index contributed by atoms with van der Waals surface area (Å²) < 4.78 is 9.02. The molecule has 0 saturated heterocycles. The second-order valence-electron chi connectivity index (χ2n) is 7.59. The molecule has 0 atom stereocenters. The number of hydrogen-bond donors (Lipinski definition) is 4. The first kappa shape index (κ1) is 30.5. The summed E-state index contributed by atoms with van der Waals surface area (Å²) in [5.74, 6) is -0.651. The Morgan fingerprint density at radius 1 is 0.743 bits per heavy atom.